The molecule has 4 heteroatoms. The van der Waals surface area contributed by atoms with Crippen molar-refractivity contribution in [1.29, 1.82) is 0 Å². The topological polar surface area (TPSA) is 43.1 Å². The molecule has 0 fully saturated rings. The summed E-state index contributed by atoms with van der Waals surface area (Å²) >= 11 is 0. The van der Waals surface area contributed by atoms with Gasteiger partial charge in [-0.25, -0.2) is 4.39 Å². The van der Waals surface area contributed by atoms with Crippen LogP contribution in [0, 0.1) is 26.6 Å². The second-order valence-corrected chi connectivity index (χ2v) is 6.54. The maximum Gasteiger partial charge on any atom is 0.126 e. The zero-order valence-electron chi connectivity index (χ0n) is 11.9. The van der Waals surface area contributed by atoms with Gasteiger partial charge in [-0.3, -0.25) is 4.21 Å². The highest BCUT2D eigenvalue weighted by Gasteiger charge is 2.11. The smallest absolute Gasteiger partial charge is 0.126 e. The third-order valence-electron chi connectivity index (χ3n) is 3.27. The molecule has 0 aliphatic heterocycles. The Labute approximate surface area is 121 Å². The van der Waals surface area contributed by atoms with Crippen molar-refractivity contribution >= 4 is 16.5 Å². The van der Waals surface area contributed by atoms with E-state index in [4.69, 9.17) is 5.73 Å². The van der Waals surface area contributed by atoms with Gasteiger partial charge in [-0.2, -0.15) is 0 Å². The Bertz CT molecular complexity index is 639. The molecule has 0 heterocycles. The lowest BCUT2D eigenvalue weighted by Crippen LogP contribution is -2.03. The number of halogens is 1. The fraction of sp³-hybridized carbons (Fsp3) is 0.250. The maximum atomic E-state index is 13.3. The number of hydrogen-bond donors (Lipinski definition) is 1. The molecule has 1 unspecified atom stereocenters. The number of nitrogens with two attached hydrogens (primary N) is 1. The van der Waals surface area contributed by atoms with E-state index in [1.165, 1.54) is 17.7 Å². The third-order valence-corrected chi connectivity index (χ3v) is 4.58. The Morgan fingerprint density at radius 3 is 2.20 bits per heavy atom. The van der Waals surface area contributed by atoms with Crippen LogP contribution >= 0.6 is 0 Å². The lowest BCUT2D eigenvalue weighted by Gasteiger charge is -2.11. The predicted molar refractivity (Wildman–Crippen MR) is 81.6 cm³/mol. The lowest BCUT2D eigenvalue weighted by atomic mass is 10.0. The lowest BCUT2D eigenvalue weighted by molar-refractivity contribution is 0.623. The zero-order valence-corrected chi connectivity index (χ0v) is 12.7. The van der Waals surface area contributed by atoms with Gasteiger partial charge >= 0.3 is 0 Å². The Morgan fingerprint density at radius 2 is 1.65 bits per heavy atom. The van der Waals surface area contributed by atoms with E-state index >= 15 is 0 Å². The summed E-state index contributed by atoms with van der Waals surface area (Å²) in [6, 6.07) is 8.21. The molecule has 0 saturated heterocycles. The molecule has 2 aromatic carbocycles. The summed E-state index contributed by atoms with van der Waals surface area (Å²) in [6.07, 6.45) is 0. The molecule has 0 amide bonds. The molecule has 1 atom stereocenters. The molecular weight excluding hydrogens is 273 g/mol. The van der Waals surface area contributed by atoms with E-state index < -0.39 is 16.6 Å². The number of hydrogen-bond acceptors (Lipinski definition) is 2. The van der Waals surface area contributed by atoms with Crippen molar-refractivity contribution in [3.05, 3.63) is 58.4 Å². The van der Waals surface area contributed by atoms with Crippen LogP contribution in [0.1, 0.15) is 22.3 Å². The van der Waals surface area contributed by atoms with Crippen LogP contribution in [0.2, 0.25) is 0 Å². The minimum atomic E-state index is -1.30. The maximum absolute atomic E-state index is 13.3. The Hall–Kier alpha value is -1.68. The van der Waals surface area contributed by atoms with Crippen LogP contribution in [0.15, 0.2) is 35.2 Å². The van der Waals surface area contributed by atoms with Crippen molar-refractivity contribution in [3.63, 3.8) is 0 Å². The summed E-state index contributed by atoms with van der Waals surface area (Å²) in [4.78, 5) is 0.432. The second-order valence-electron chi connectivity index (χ2n) is 5.09. The molecule has 0 bridgehead atoms. The van der Waals surface area contributed by atoms with Gasteiger partial charge in [0, 0.05) is 10.6 Å². The summed E-state index contributed by atoms with van der Waals surface area (Å²) in [5, 5.41) is 0. The van der Waals surface area contributed by atoms with Gasteiger partial charge in [0.05, 0.1) is 16.6 Å². The van der Waals surface area contributed by atoms with Crippen LogP contribution in [0.5, 0.6) is 0 Å². The van der Waals surface area contributed by atoms with E-state index in [0.717, 1.165) is 16.7 Å². The van der Waals surface area contributed by atoms with Crippen LogP contribution in [0.3, 0.4) is 0 Å². The van der Waals surface area contributed by atoms with Crippen molar-refractivity contribution in [3.8, 4) is 0 Å². The van der Waals surface area contributed by atoms with E-state index in [0.29, 0.717) is 16.3 Å². The summed E-state index contributed by atoms with van der Waals surface area (Å²) in [7, 11) is -1.30. The van der Waals surface area contributed by atoms with Crippen LogP contribution in [0.4, 0.5) is 10.1 Å². The van der Waals surface area contributed by atoms with Crippen LogP contribution in [0.25, 0.3) is 0 Å². The zero-order chi connectivity index (χ0) is 14.9. The second kappa shape index (κ2) is 5.75. The monoisotopic (exact) mass is 291 g/mol. The van der Waals surface area contributed by atoms with Gasteiger partial charge in [-0.05, 0) is 55.7 Å². The van der Waals surface area contributed by atoms with Crippen molar-refractivity contribution in [1.82, 2.24) is 0 Å². The first kappa shape index (κ1) is 14.7. The van der Waals surface area contributed by atoms with Gasteiger partial charge in [0.15, 0.2) is 0 Å². The fourth-order valence-electron chi connectivity index (χ4n) is 2.37. The molecule has 0 saturated carbocycles. The van der Waals surface area contributed by atoms with Crippen molar-refractivity contribution in [2.24, 2.45) is 0 Å². The van der Waals surface area contributed by atoms with Crippen LogP contribution in [-0.4, -0.2) is 4.21 Å². The van der Waals surface area contributed by atoms with Gasteiger partial charge < -0.3 is 5.73 Å². The summed E-state index contributed by atoms with van der Waals surface area (Å²) in [5.74, 6) is -0.0772. The highest BCUT2D eigenvalue weighted by atomic mass is 32.2. The molecule has 2 aromatic rings. The fourth-order valence-corrected chi connectivity index (χ4v) is 3.76. The van der Waals surface area contributed by atoms with E-state index in [9.17, 15) is 8.60 Å². The average Bonchev–Trinajstić information content (AvgIpc) is 2.32. The van der Waals surface area contributed by atoms with E-state index in [1.807, 2.05) is 20.8 Å². The van der Waals surface area contributed by atoms with E-state index in [2.05, 4.69) is 12.1 Å². The van der Waals surface area contributed by atoms with Crippen LogP contribution < -0.4 is 5.73 Å². The standard InChI is InChI=1S/C16H18FNOS/c1-10-4-11(2)16(12(3)5-10)9-20(19)15-7-13(17)6-14(18)8-15/h4-8H,9,18H2,1-3H3. The quantitative estimate of drug-likeness (QED) is 0.877. The molecule has 2 N–H and O–H groups in total. The van der Waals surface area contributed by atoms with Gasteiger partial charge in [0.1, 0.15) is 5.82 Å². The van der Waals surface area contributed by atoms with Gasteiger partial charge in [0.25, 0.3) is 0 Å². The Morgan fingerprint density at radius 1 is 1.05 bits per heavy atom. The van der Waals surface area contributed by atoms with Crippen molar-refractivity contribution in [2.75, 3.05) is 5.73 Å². The molecular formula is C16H18FNOS. The Kier molecular flexibility index (Phi) is 4.23. The van der Waals surface area contributed by atoms with Crippen LogP contribution in [-0.2, 0) is 16.6 Å². The molecule has 20 heavy (non-hydrogen) atoms. The minimum Gasteiger partial charge on any atom is -0.399 e. The number of rotatable bonds is 3. The molecule has 106 valence electrons. The summed E-state index contributed by atoms with van der Waals surface area (Å²) in [5.41, 5.74) is 10.4. The first-order valence-corrected chi connectivity index (χ1v) is 7.70. The predicted octanol–water partition coefficient (Wildman–Crippen LogP) is 3.64. The first-order chi connectivity index (χ1) is 9.36. The highest BCUT2D eigenvalue weighted by molar-refractivity contribution is 7.84. The van der Waals surface area contributed by atoms with Crippen molar-refractivity contribution < 1.29 is 8.60 Å². The minimum absolute atomic E-state index is 0.297. The molecule has 0 aromatic heterocycles. The van der Waals surface area contributed by atoms with Crippen molar-refractivity contribution in [2.45, 2.75) is 31.4 Å². The molecule has 0 spiro atoms. The largest absolute Gasteiger partial charge is 0.399 e. The van der Waals surface area contributed by atoms with Gasteiger partial charge in [-0.15, -0.1) is 0 Å². The summed E-state index contributed by atoms with van der Waals surface area (Å²) in [6.45, 7) is 6.05. The molecule has 2 rings (SSSR count). The molecule has 2 nitrogen and oxygen atoms in total. The SMILES string of the molecule is Cc1cc(C)c(CS(=O)c2cc(N)cc(F)c2)c(C)c1. The summed E-state index contributed by atoms with van der Waals surface area (Å²) < 4.78 is 25.7. The molecule has 0 aliphatic carbocycles. The first-order valence-electron chi connectivity index (χ1n) is 6.38. The average molecular weight is 291 g/mol. The molecule has 0 radical (unpaired) electrons. The Balaban J connectivity index is 2.32. The normalized spacial score (nSPS) is 12.4. The number of benzene rings is 2. The van der Waals surface area contributed by atoms with E-state index in [1.54, 1.807) is 6.07 Å². The number of nitrogen functional groups attached to an aromatic ring is 1. The third kappa shape index (κ3) is 3.25. The van der Waals surface area contributed by atoms with Gasteiger partial charge in [0.2, 0.25) is 0 Å². The van der Waals surface area contributed by atoms with E-state index in [-0.39, 0.29) is 0 Å². The number of anilines is 1. The molecule has 0 aliphatic rings. The van der Waals surface area contributed by atoms with Gasteiger partial charge in [-0.1, -0.05) is 17.7 Å². The number of aryl methyl sites for hydroxylation is 3. The highest BCUT2D eigenvalue weighted by Crippen LogP contribution is 2.22.